The number of aromatic amines is 1. The van der Waals surface area contributed by atoms with E-state index in [1.807, 2.05) is 24.3 Å². The first-order chi connectivity index (χ1) is 10.7. The van der Waals surface area contributed by atoms with E-state index in [0.29, 0.717) is 17.0 Å². The highest BCUT2D eigenvalue weighted by Crippen LogP contribution is 2.33. The quantitative estimate of drug-likeness (QED) is 0.764. The molecule has 2 N–H and O–H groups in total. The fraction of sp³-hybridized carbons (Fsp3) is 0.125. The third kappa shape index (κ3) is 2.00. The van der Waals surface area contributed by atoms with Gasteiger partial charge in [0.1, 0.15) is 18.2 Å². The second-order valence-electron chi connectivity index (χ2n) is 5.14. The standard InChI is InChI=1S/C16H12FN3O2/c17-9-5-6-14-11(7-9)13(8-22-14)18-16(21)15-10-3-1-2-4-12(10)19-20-15/h1-7,13H,8H2,(H,18,21)(H,19,20)/t13-/m0/s1. The molecular weight excluding hydrogens is 285 g/mol. The van der Waals surface area contributed by atoms with Crippen molar-refractivity contribution in [2.45, 2.75) is 6.04 Å². The summed E-state index contributed by atoms with van der Waals surface area (Å²) in [6.07, 6.45) is 0. The van der Waals surface area contributed by atoms with Crippen LogP contribution in [0.15, 0.2) is 42.5 Å². The molecule has 0 spiro atoms. The lowest BCUT2D eigenvalue weighted by molar-refractivity contribution is 0.0927. The molecule has 0 fully saturated rings. The van der Waals surface area contributed by atoms with Crippen LogP contribution in [0.2, 0.25) is 0 Å². The molecule has 4 rings (SSSR count). The zero-order chi connectivity index (χ0) is 15.1. The van der Waals surface area contributed by atoms with Crippen LogP contribution in [-0.2, 0) is 0 Å². The molecule has 0 saturated carbocycles. The van der Waals surface area contributed by atoms with Gasteiger partial charge in [0.25, 0.3) is 5.91 Å². The molecule has 0 saturated heterocycles. The number of rotatable bonds is 2. The number of H-pyrrole nitrogens is 1. The third-order valence-electron chi connectivity index (χ3n) is 3.74. The van der Waals surface area contributed by atoms with E-state index in [9.17, 15) is 9.18 Å². The van der Waals surface area contributed by atoms with Crippen LogP contribution in [0, 0.1) is 5.82 Å². The van der Waals surface area contributed by atoms with E-state index in [0.717, 1.165) is 10.9 Å². The molecule has 1 amide bonds. The summed E-state index contributed by atoms with van der Waals surface area (Å²) in [5.41, 5.74) is 1.76. The van der Waals surface area contributed by atoms with Gasteiger partial charge < -0.3 is 10.1 Å². The first-order valence-electron chi connectivity index (χ1n) is 6.88. The molecule has 1 aliphatic heterocycles. The van der Waals surface area contributed by atoms with E-state index >= 15 is 0 Å². The number of nitrogens with one attached hydrogen (secondary N) is 2. The van der Waals surface area contributed by atoms with Crippen LogP contribution in [0.4, 0.5) is 4.39 Å². The average Bonchev–Trinajstić information content (AvgIpc) is 3.11. The van der Waals surface area contributed by atoms with E-state index in [4.69, 9.17) is 4.74 Å². The van der Waals surface area contributed by atoms with Gasteiger partial charge in [0.2, 0.25) is 0 Å². The zero-order valence-electron chi connectivity index (χ0n) is 11.5. The molecule has 0 aliphatic carbocycles. The van der Waals surface area contributed by atoms with Crippen molar-refractivity contribution in [3.05, 3.63) is 59.5 Å². The average molecular weight is 297 g/mol. The molecule has 0 unspecified atom stereocenters. The number of hydrogen-bond acceptors (Lipinski definition) is 3. The fourth-order valence-electron chi connectivity index (χ4n) is 2.67. The second kappa shape index (κ2) is 4.84. The topological polar surface area (TPSA) is 67.0 Å². The maximum Gasteiger partial charge on any atom is 0.273 e. The minimum Gasteiger partial charge on any atom is -0.491 e. The van der Waals surface area contributed by atoms with Gasteiger partial charge in [-0.15, -0.1) is 0 Å². The van der Waals surface area contributed by atoms with Crippen molar-refractivity contribution in [3.8, 4) is 5.75 Å². The number of halogens is 1. The Hall–Kier alpha value is -2.89. The van der Waals surface area contributed by atoms with Crippen LogP contribution in [0.1, 0.15) is 22.1 Å². The van der Waals surface area contributed by atoms with Crippen molar-refractivity contribution in [1.82, 2.24) is 15.5 Å². The van der Waals surface area contributed by atoms with E-state index in [1.54, 1.807) is 6.07 Å². The third-order valence-corrected chi connectivity index (χ3v) is 3.74. The van der Waals surface area contributed by atoms with Crippen molar-refractivity contribution in [2.24, 2.45) is 0 Å². The van der Waals surface area contributed by atoms with Crippen LogP contribution in [0.25, 0.3) is 10.9 Å². The van der Waals surface area contributed by atoms with Gasteiger partial charge in [-0.2, -0.15) is 5.10 Å². The molecule has 2 aromatic carbocycles. The molecule has 110 valence electrons. The molecule has 1 atom stereocenters. The Bertz CT molecular complexity index is 875. The maximum absolute atomic E-state index is 13.4. The maximum atomic E-state index is 13.4. The number of amides is 1. The summed E-state index contributed by atoms with van der Waals surface area (Å²) >= 11 is 0. The van der Waals surface area contributed by atoms with Gasteiger partial charge in [0.15, 0.2) is 5.69 Å². The van der Waals surface area contributed by atoms with E-state index in [-0.39, 0.29) is 24.4 Å². The minimum absolute atomic E-state index is 0.285. The predicted octanol–water partition coefficient (Wildman–Crippen LogP) is 2.57. The van der Waals surface area contributed by atoms with Crippen molar-refractivity contribution in [3.63, 3.8) is 0 Å². The number of carbonyl (C=O) groups is 1. The van der Waals surface area contributed by atoms with Crippen LogP contribution in [-0.4, -0.2) is 22.7 Å². The molecule has 0 radical (unpaired) electrons. The molecule has 1 aromatic heterocycles. The first kappa shape index (κ1) is 12.8. The Labute approximate surface area is 125 Å². The van der Waals surface area contributed by atoms with Gasteiger partial charge in [-0.05, 0) is 24.3 Å². The van der Waals surface area contributed by atoms with Crippen molar-refractivity contribution < 1.29 is 13.9 Å². The molecule has 3 aromatic rings. The Morgan fingerprint density at radius 1 is 1.32 bits per heavy atom. The summed E-state index contributed by atoms with van der Waals surface area (Å²) in [6.45, 7) is 0.285. The molecule has 2 heterocycles. The number of fused-ring (bicyclic) bond motifs is 2. The zero-order valence-corrected chi connectivity index (χ0v) is 11.5. The number of carbonyl (C=O) groups excluding carboxylic acids is 1. The van der Waals surface area contributed by atoms with E-state index in [2.05, 4.69) is 15.5 Å². The Morgan fingerprint density at radius 3 is 3.09 bits per heavy atom. The Morgan fingerprint density at radius 2 is 2.18 bits per heavy atom. The largest absolute Gasteiger partial charge is 0.491 e. The fourth-order valence-corrected chi connectivity index (χ4v) is 2.67. The van der Waals surface area contributed by atoms with Crippen LogP contribution in [0.3, 0.4) is 0 Å². The van der Waals surface area contributed by atoms with Crippen molar-refractivity contribution in [2.75, 3.05) is 6.61 Å². The molecule has 22 heavy (non-hydrogen) atoms. The van der Waals surface area contributed by atoms with Gasteiger partial charge in [-0.25, -0.2) is 4.39 Å². The molecular formula is C16H12FN3O2. The number of benzene rings is 2. The highest BCUT2D eigenvalue weighted by atomic mass is 19.1. The van der Waals surface area contributed by atoms with Gasteiger partial charge in [0.05, 0.1) is 11.6 Å². The highest BCUT2D eigenvalue weighted by molar-refractivity contribution is 6.04. The lowest BCUT2D eigenvalue weighted by Gasteiger charge is -2.10. The number of hydrogen-bond donors (Lipinski definition) is 2. The highest BCUT2D eigenvalue weighted by Gasteiger charge is 2.27. The summed E-state index contributed by atoms with van der Waals surface area (Å²) in [5.74, 6) is -0.0736. The SMILES string of the molecule is O=C(N[C@H]1COc2ccc(F)cc21)c1n[nH]c2ccccc12. The summed E-state index contributed by atoms with van der Waals surface area (Å²) in [4.78, 5) is 12.4. The van der Waals surface area contributed by atoms with Crippen LogP contribution >= 0.6 is 0 Å². The van der Waals surface area contributed by atoms with Gasteiger partial charge in [-0.1, -0.05) is 18.2 Å². The molecule has 6 heteroatoms. The first-order valence-corrected chi connectivity index (χ1v) is 6.88. The molecule has 5 nitrogen and oxygen atoms in total. The van der Waals surface area contributed by atoms with Gasteiger partial charge >= 0.3 is 0 Å². The normalized spacial score (nSPS) is 16.3. The van der Waals surface area contributed by atoms with Gasteiger partial charge in [-0.3, -0.25) is 9.89 Å². The minimum atomic E-state index is -0.381. The summed E-state index contributed by atoms with van der Waals surface area (Å²) in [6, 6.07) is 11.3. The van der Waals surface area contributed by atoms with Crippen molar-refractivity contribution in [1.29, 1.82) is 0 Å². The van der Waals surface area contributed by atoms with Crippen LogP contribution < -0.4 is 10.1 Å². The lowest BCUT2D eigenvalue weighted by Crippen LogP contribution is -2.29. The summed E-state index contributed by atoms with van der Waals surface area (Å²) in [7, 11) is 0. The number of aromatic nitrogens is 2. The van der Waals surface area contributed by atoms with E-state index < -0.39 is 0 Å². The molecule has 1 aliphatic rings. The number of ether oxygens (including phenoxy) is 1. The summed E-state index contributed by atoms with van der Waals surface area (Å²) < 4.78 is 18.8. The van der Waals surface area contributed by atoms with Crippen molar-refractivity contribution >= 4 is 16.8 Å². The van der Waals surface area contributed by atoms with E-state index in [1.165, 1.54) is 12.1 Å². The summed E-state index contributed by atoms with van der Waals surface area (Å²) in [5, 5.41) is 10.5. The number of nitrogens with zero attached hydrogens (tertiary/aromatic N) is 1. The van der Waals surface area contributed by atoms with Crippen LogP contribution in [0.5, 0.6) is 5.75 Å². The lowest BCUT2D eigenvalue weighted by atomic mass is 10.1. The Kier molecular flexibility index (Phi) is 2.82. The number of para-hydroxylation sites is 1. The van der Waals surface area contributed by atoms with Gasteiger partial charge in [0, 0.05) is 10.9 Å². The molecule has 0 bridgehead atoms. The monoisotopic (exact) mass is 297 g/mol. The Balaban J connectivity index is 1.63. The smallest absolute Gasteiger partial charge is 0.273 e. The second-order valence-corrected chi connectivity index (χ2v) is 5.14. The predicted molar refractivity (Wildman–Crippen MR) is 78.2 cm³/mol.